The van der Waals surface area contributed by atoms with Crippen LogP contribution in [-0.4, -0.2) is 13.7 Å². The van der Waals surface area contributed by atoms with Gasteiger partial charge in [0, 0.05) is 11.6 Å². The van der Waals surface area contributed by atoms with E-state index >= 15 is 0 Å². The van der Waals surface area contributed by atoms with E-state index in [0.717, 1.165) is 12.3 Å². The Balaban J connectivity index is 2.33. The molecule has 0 radical (unpaired) electrons. The largest absolute Gasteiger partial charge is 0.496 e. The standard InChI is InChI=1S/C11H15NO/c1-8-3-4-11(13-2)9(7-8)10-5-6-12-10/h3-4,7,10,12H,5-6H2,1-2H3. The lowest BCUT2D eigenvalue weighted by molar-refractivity contribution is 0.353. The van der Waals surface area contributed by atoms with Crippen molar-refractivity contribution in [2.24, 2.45) is 0 Å². The third-order valence-corrected chi connectivity index (χ3v) is 2.58. The van der Waals surface area contributed by atoms with Gasteiger partial charge in [-0.1, -0.05) is 17.7 Å². The van der Waals surface area contributed by atoms with Crippen molar-refractivity contribution < 1.29 is 4.74 Å². The molecule has 2 heteroatoms. The number of methoxy groups -OCH3 is 1. The van der Waals surface area contributed by atoms with Crippen molar-refractivity contribution >= 4 is 0 Å². The second-order valence-electron chi connectivity index (χ2n) is 3.54. The molecule has 1 aliphatic rings. The van der Waals surface area contributed by atoms with Crippen LogP contribution in [0, 0.1) is 6.92 Å². The zero-order valence-corrected chi connectivity index (χ0v) is 8.13. The molecular formula is C11H15NO. The van der Waals surface area contributed by atoms with Gasteiger partial charge in [-0.25, -0.2) is 0 Å². The summed E-state index contributed by atoms with van der Waals surface area (Å²) in [5.74, 6) is 1.00. The highest BCUT2D eigenvalue weighted by Gasteiger charge is 2.21. The number of aryl methyl sites for hydroxylation is 1. The van der Waals surface area contributed by atoms with Gasteiger partial charge < -0.3 is 10.1 Å². The predicted octanol–water partition coefficient (Wildman–Crippen LogP) is 2.04. The Bertz CT molecular complexity index is 305. The summed E-state index contributed by atoms with van der Waals surface area (Å²) in [5, 5.41) is 3.38. The molecule has 0 bridgehead atoms. The van der Waals surface area contributed by atoms with Crippen LogP contribution in [0.15, 0.2) is 18.2 Å². The first kappa shape index (κ1) is 8.57. The molecule has 1 aromatic rings. The van der Waals surface area contributed by atoms with Crippen molar-refractivity contribution in [3.8, 4) is 5.75 Å². The Kier molecular flexibility index (Phi) is 2.23. The second-order valence-corrected chi connectivity index (χ2v) is 3.54. The highest BCUT2D eigenvalue weighted by molar-refractivity contribution is 5.39. The van der Waals surface area contributed by atoms with Gasteiger partial charge >= 0.3 is 0 Å². The zero-order chi connectivity index (χ0) is 9.26. The first-order chi connectivity index (χ1) is 6.31. The fourth-order valence-corrected chi connectivity index (χ4v) is 1.68. The van der Waals surface area contributed by atoms with Crippen molar-refractivity contribution in [3.63, 3.8) is 0 Å². The van der Waals surface area contributed by atoms with Crippen LogP contribution in [0.5, 0.6) is 5.75 Å². The first-order valence-electron chi connectivity index (χ1n) is 4.69. The zero-order valence-electron chi connectivity index (χ0n) is 8.13. The van der Waals surface area contributed by atoms with E-state index in [4.69, 9.17) is 4.74 Å². The molecule has 2 rings (SSSR count). The molecular weight excluding hydrogens is 162 g/mol. The Morgan fingerprint density at radius 1 is 1.46 bits per heavy atom. The average Bonchev–Trinajstić information content (AvgIpc) is 2.02. The van der Waals surface area contributed by atoms with Crippen LogP contribution in [0.2, 0.25) is 0 Å². The maximum atomic E-state index is 5.32. The highest BCUT2D eigenvalue weighted by atomic mass is 16.5. The maximum Gasteiger partial charge on any atom is 0.123 e. The van der Waals surface area contributed by atoms with E-state index in [0.29, 0.717) is 6.04 Å². The number of ether oxygens (including phenoxy) is 1. The van der Waals surface area contributed by atoms with Gasteiger partial charge in [0.2, 0.25) is 0 Å². The van der Waals surface area contributed by atoms with Crippen LogP contribution in [0.3, 0.4) is 0 Å². The van der Waals surface area contributed by atoms with Crippen molar-refractivity contribution in [2.45, 2.75) is 19.4 Å². The van der Waals surface area contributed by atoms with Gasteiger partial charge in [-0.15, -0.1) is 0 Å². The van der Waals surface area contributed by atoms with Gasteiger partial charge in [0.1, 0.15) is 5.75 Å². The molecule has 70 valence electrons. The minimum atomic E-state index is 0.509. The number of hydrogen-bond donors (Lipinski definition) is 1. The summed E-state index contributed by atoms with van der Waals surface area (Å²) in [6.45, 7) is 3.24. The molecule has 2 nitrogen and oxygen atoms in total. The summed E-state index contributed by atoms with van der Waals surface area (Å²) < 4.78 is 5.32. The minimum Gasteiger partial charge on any atom is -0.496 e. The van der Waals surface area contributed by atoms with Crippen molar-refractivity contribution in [3.05, 3.63) is 29.3 Å². The van der Waals surface area contributed by atoms with E-state index in [1.807, 2.05) is 6.07 Å². The number of hydrogen-bond acceptors (Lipinski definition) is 2. The van der Waals surface area contributed by atoms with Crippen molar-refractivity contribution in [1.82, 2.24) is 5.32 Å². The number of rotatable bonds is 2. The van der Waals surface area contributed by atoms with E-state index in [9.17, 15) is 0 Å². The van der Waals surface area contributed by atoms with Crippen LogP contribution in [-0.2, 0) is 0 Å². The SMILES string of the molecule is COc1ccc(C)cc1C1CCN1. The summed E-state index contributed by atoms with van der Waals surface area (Å²) in [6, 6.07) is 6.84. The van der Waals surface area contributed by atoms with Gasteiger partial charge in [0.15, 0.2) is 0 Å². The molecule has 0 aliphatic carbocycles. The number of benzene rings is 1. The Morgan fingerprint density at radius 3 is 2.77 bits per heavy atom. The van der Waals surface area contributed by atoms with Crippen LogP contribution in [0.25, 0.3) is 0 Å². The summed E-state index contributed by atoms with van der Waals surface area (Å²) >= 11 is 0. The molecule has 1 aromatic carbocycles. The lowest BCUT2D eigenvalue weighted by Crippen LogP contribution is -2.35. The highest BCUT2D eigenvalue weighted by Crippen LogP contribution is 2.31. The molecule has 1 unspecified atom stereocenters. The van der Waals surface area contributed by atoms with E-state index in [2.05, 4.69) is 24.4 Å². The van der Waals surface area contributed by atoms with E-state index in [-0.39, 0.29) is 0 Å². The smallest absolute Gasteiger partial charge is 0.123 e. The van der Waals surface area contributed by atoms with Crippen molar-refractivity contribution in [1.29, 1.82) is 0 Å². The fraction of sp³-hybridized carbons (Fsp3) is 0.455. The van der Waals surface area contributed by atoms with Crippen LogP contribution in [0.4, 0.5) is 0 Å². The molecule has 0 aromatic heterocycles. The monoisotopic (exact) mass is 177 g/mol. The quantitative estimate of drug-likeness (QED) is 0.746. The molecule has 0 spiro atoms. The maximum absolute atomic E-state index is 5.32. The third kappa shape index (κ3) is 1.54. The molecule has 1 heterocycles. The normalized spacial score (nSPS) is 20.9. The van der Waals surface area contributed by atoms with Gasteiger partial charge in [0.05, 0.1) is 7.11 Å². The number of nitrogens with one attached hydrogen (secondary N) is 1. The Morgan fingerprint density at radius 2 is 2.23 bits per heavy atom. The van der Waals surface area contributed by atoms with Gasteiger partial charge in [0.25, 0.3) is 0 Å². The van der Waals surface area contributed by atoms with Crippen LogP contribution < -0.4 is 10.1 Å². The average molecular weight is 177 g/mol. The van der Waals surface area contributed by atoms with Gasteiger partial charge in [-0.05, 0) is 26.0 Å². The summed E-state index contributed by atoms with van der Waals surface area (Å²) in [6.07, 6.45) is 1.22. The molecule has 0 amide bonds. The lowest BCUT2D eigenvalue weighted by atomic mass is 9.96. The third-order valence-electron chi connectivity index (χ3n) is 2.58. The molecule has 1 saturated heterocycles. The molecule has 1 aliphatic heterocycles. The summed E-state index contributed by atoms with van der Waals surface area (Å²) in [7, 11) is 1.73. The molecule has 0 saturated carbocycles. The molecule has 1 N–H and O–H groups in total. The van der Waals surface area contributed by atoms with E-state index < -0.39 is 0 Å². The van der Waals surface area contributed by atoms with Crippen molar-refractivity contribution in [2.75, 3.05) is 13.7 Å². The molecule has 1 fully saturated rings. The molecule has 1 atom stereocenters. The Labute approximate surface area is 78.9 Å². The summed E-state index contributed by atoms with van der Waals surface area (Å²) in [5.41, 5.74) is 2.60. The van der Waals surface area contributed by atoms with Crippen LogP contribution >= 0.6 is 0 Å². The Hall–Kier alpha value is -1.02. The van der Waals surface area contributed by atoms with E-state index in [1.54, 1.807) is 7.11 Å². The lowest BCUT2D eigenvalue weighted by Gasteiger charge is -2.29. The molecule has 13 heavy (non-hydrogen) atoms. The van der Waals surface area contributed by atoms with Crippen LogP contribution in [0.1, 0.15) is 23.6 Å². The fourth-order valence-electron chi connectivity index (χ4n) is 1.68. The van der Waals surface area contributed by atoms with Gasteiger partial charge in [-0.3, -0.25) is 0 Å². The summed E-state index contributed by atoms with van der Waals surface area (Å²) in [4.78, 5) is 0. The second kappa shape index (κ2) is 3.38. The van der Waals surface area contributed by atoms with E-state index in [1.165, 1.54) is 17.5 Å². The first-order valence-corrected chi connectivity index (χ1v) is 4.69. The topological polar surface area (TPSA) is 21.3 Å². The van der Waals surface area contributed by atoms with Gasteiger partial charge in [-0.2, -0.15) is 0 Å². The predicted molar refractivity (Wildman–Crippen MR) is 53.1 cm³/mol. The minimum absolute atomic E-state index is 0.509.